The average molecular weight is 499 g/mol. The third kappa shape index (κ3) is 5.65. The predicted octanol–water partition coefficient (Wildman–Crippen LogP) is 5.72. The van der Waals surface area contributed by atoms with Crippen LogP contribution >= 0.6 is 16.8 Å². The molecule has 3 aliphatic heterocycles. The van der Waals surface area contributed by atoms with E-state index < -0.39 is 20.4 Å². The molecule has 7 unspecified atom stereocenters. The quantitative estimate of drug-likeness (QED) is 0.468. The molecule has 13 atom stereocenters. The largest absolute Gasteiger partial charge is 0.349 e. The van der Waals surface area contributed by atoms with Crippen LogP contribution in [-0.2, 0) is 28.2 Å². The van der Waals surface area contributed by atoms with Crippen LogP contribution in [-0.4, -0.2) is 50.3 Å². The summed E-state index contributed by atoms with van der Waals surface area (Å²) >= 11 is 0. The number of benzene rings is 1. The zero-order chi connectivity index (χ0) is 23.7. The second-order valence-corrected chi connectivity index (χ2v) is 13.3. The van der Waals surface area contributed by atoms with Crippen LogP contribution in [0.5, 0.6) is 0 Å². The summed E-state index contributed by atoms with van der Waals surface area (Å²) in [5.74, 6) is 1.34. The molecule has 0 aromatic heterocycles. The van der Waals surface area contributed by atoms with Crippen molar-refractivity contribution in [1.29, 1.82) is 0 Å². The van der Waals surface area contributed by atoms with Gasteiger partial charge in [0.05, 0.1) is 18.8 Å². The number of fused-ring (bicyclic) bond motifs is 1. The van der Waals surface area contributed by atoms with Crippen LogP contribution in [0.15, 0.2) is 30.3 Å². The van der Waals surface area contributed by atoms with Gasteiger partial charge in [0, 0.05) is 25.2 Å². The van der Waals surface area contributed by atoms with Gasteiger partial charge in [-0.25, -0.2) is 0 Å². The summed E-state index contributed by atoms with van der Waals surface area (Å²) < 4.78 is 38.3. The minimum atomic E-state index is -0.711. The molecule has 0 spiro atoms. The fourth-order valence-electron chi connectivity index (χ4n) is 5.30. The summed E-state index contributed by atoms with van der Waals surface area (Å²) in [6.07, 6.45) is -0.660. The summed E-state index contributed by atoms with van der Waals surface area (Å²) in [6, 6.07) is 10.1. The number of hydrogen-bond acceptors (Lipinski definition) is 6. The number of hydrogen-bond donors (Lipinski definition) is 0. The molecule has 186 valence electrons. The van der Waals surface area contributed by atoms with Crippen molar-refractivity contribution in [3.8, 4) is 0 Å². The Bertz CT molecular complexity index is 750. The maximum Gasteiger partial charge on any atom is 0.188 e. The van der Waals surface area contributed by atoms with E-state index in [9.17, 15) is 0 Å². The van der Waals surface area contributed by atoms with Gasteiger partial charge in [0.1, 0.15) is 12.2 Å². The fraction of sp³-hybridized carbons (Fsp3) is 0.760. The molecule has 0 aliphatic carbocycles. The maximum absolute atomic E-state index is 6.72. The summed E-state index contributed by atoms with van der Waals surface area (Å²) in [5, 5.41) is 0. The van der Waals surface area contributed by atoms with Gasteiger partial charge in [0.25, 0.3) is 0 Å². The van der Waals surface area contributed by atoms with Crippen molar-refractivity contribution in [1.82, 2.24) is 0 Å². The molecule has 3 fully saturated rings. The first-order valence-corrected chi connectivity index (χ1v) is 15.6. The Morgan fingerprint density at radius 1 is 0.939 bits per heavy atom. The monoisotopic (exact) mass is 498 g/mol. The topological polar surface area (TPSA) is 55.4 Å². The minimum Gasteiger partial charge on any atom is -0.349 e. The van der Waals surface area contributed by atoms with Crippen molar-refractivity contribution in [2.24, 2.45) is 23.7 Å². The van der Waals surface area contributed by atoms with E-state index in [4.69, 9.17) is 28.2 Å². The summed E-state index contributed by atoms with van der Waals surface area (Å²) in [7, 11) is 2.04. The lowest BCUT2D eigenvalue weighted by molar-refractivity contribution is -0.367. The summed E-state index contributed by atoms with van der Waals surface area (Å²) in [6.45, 7) is 13.7. The zero-order valence-corrected chi connectivity index (χ0v) is 22.7. The van der Waals surface area contributed by atoms with E-state index in [1.165, 1.54) is 0 Å². The van der Waals surface area contributed by atoms with Crippen LogP contribution in [0.2, 0.25) is 0 Å². The second kappa shape index (κ2) is 11.3. The van der Waals surface area contributed by atoms with Crippen molar-refractivity contribution in [3.05, 3.63) is 35.9 Å². The van der Waals surface area contributed by atoms with Gasteiger partial charge in [-0.15, -0.1) is 0 Å². The Kier molecular flexibility index (Phi) is 8.85. The standard InChI is InChI=1S/C25H40O6P2/c1-7-19-15(3)14(2)16(4)23(27-19)30-22-17(5)21-20(28-25(22)31-33(6)32)13-26-24(29-21)18-11-9-8-10-12-18/h8-12,14-17,19-25H,7,13,32H2,1-6H3/t14-,15-,16-,17-,19?,20?,21-,22+,23?,24?,25?,33?/m0/s1. The van der Waals surface area contributed by atoms with Crippen LogP contribution < -0.4 is 0 Å². The Balaban J connectivity index is 1.53. The molecule has 3 heterocycles. The van der Waals surface area contributed by atoms with Crippen molar-refractivity contribution in [2.75, 3.05) is 13.3 Å². The molecule has 0 amide bonds. The van der Waals surface area contributed by atoms with E-state index in [-0.39, 0.29) is 42.5 Å². The van der Waals surface area contributed by atoms with Crippen molar-refractivity contribution in [3.63, 3.8) is 0 Å². The lowest BCUT2D eigenvalue weighted by Crippen LogP contribution is -2.60. The first-order chi connectivity index (χ1) is 15.8. The van der Waals surface area contributed by atoms with E-state index in [1.807, 2.05) is 37.0 Å². The normalized spacial score (nSPS) is 44.8. The molecule has 1 aromatic carbocycles. The molecular weight excluding hydrogens is 458 g/mol. The van der Waals surface area contributed by atoms with E-state index in [1.54, 1.807) is 0 Å². The smallest absolute Gasteiger partial charge is 0.188 e. The Morgan fingerprint density at radius 3 is 2.33 bits per heavy atom. The molecule has 33 heavy (non-hydrogen) atoms. The van der Waals surface area contributed by atoms with E-state index in [0.717, 1.165) is 12.0 Å². The molecular formula is C25H40O6P2. The molecule has 0 radical (unpaired) electrons. The molecule has 4 rings (SSSR count). The molecule has 3 saturated heterocycles. The molecule has 3 aliphatic rings. The summed E-state index contributed by atoms with van der Waals surface area (Å²) in [4.78, 5) is 0. The van der Waals surface area contributed by atoms with Gasteiger partial charge < -0.3 is 28.2 Å². The van der Waals surface area contributed by atoms with Crippen LogP contribution in [0.4, 0.5) is 0 Å². The van der Waals surface area contributed by atoms with E-state index in [2.05, 4.69) is 43.5 Å². The van der Waals surface area contributed by atoms with Gasteiger partial charge in [0.2, 0.25) is 0 Å². The molecule has 6 nitrogen and oxygen atoms in total. The highest BCUT2D eigenvalue weighted by molar-refractivity contribution is 8.10. The highest BCUT2D eigenvalue weighted by Crippen LogP contribution is 2.48. The summed E-state index contributed by atoms with van der Waals surface area (Å²) in [5.41, 5.74) is 1.01. The third-order valence-corrected chi connectivity index (χ3v) is 8.60. The average Bonchev–Trinajstić information content (AvgIpc) is 2.81. The maximum atomic E-state index is 6.72. The van der Waals surface area contributed by atoms with Gasteiger partial charge in [-0.05, 0) is 24.9 Å². The molecule has 0 N–H and O–H groups in total. The first-order valence-electron chi connectivity index (χ1n) is 12.2. The van der Waals surface area contributed by atoms with Gasteiger partial charge in [-0.3, -0.25) is 0 Å². The van der Waals surface area contributed by atoms with Crippen LogP contribution in [0, 0.1) is 23.7 Å². The van der Waals surface area contributed by atoms with Crippen LogP contribution in [0.25, 0.3) is 0 Å². The second-order valence-electron chi connectivity index (χ2n) is 9.86. The van der Waals surface area contributed by atoms with Crippen molar-refractivity contribution < 1.29 is 28.2 Å². The van der Waals surface area contributed by atoms with Gasteiger partial charge in [0.15, 0.2) is 18.9 Å². The van der Waals surface area contributed by atoms with Gasteiger partial charge >= 0.3 is 0 Å². The number of ether oxygens (including phenoxy) is 5. The van der Waals surface area contributed by atoms with E-state index >= 15 is 0 Å². The van der Waals surface area contributed by atoms with Crippen molar-refractivity contribution >= 4 is 16.8 Å². The lowest BCUT2D eigenvalue weighted by Gasteiger charge is -2.51. The molecule has 8 heteroatoms. The highest BCUT2D eigenvalue weighted by atomic mass is 32.0. The molecule has 0 bridgehead atoms. The molecule has 0 saturated carbocycles. The zero-order valence-electron chi connectivity index (χ0n) is 20.6. The van der Waals surface area contributed by atoms with Gasteiger partial charge in [-0.1, -0.05) is 73.9 Å². The van der Waals surface area contributed by atoms with Gasteiger partial charge in [-0.2, -0.15) is 0 Å². The number of rotatable bonds is 6. The first kappa shape index (κ1) is 25.9. The lowest BCUT2D eigenvalue weighted by atomic mass is 9.78. The van der Waals surface area contributed by atoms with Crippen molar-refractivity contribution in [2.45, 2.75) is 84.3 Å². The Morgan fingerprint density at radius 2 is 1.67 bits per heavy atom. The Labute approximate surface area is 202 Å². The molecule has 1 aromatic rings. The van der Waals surface area contributed by atoms with Crippen LogP contribution in [0.3, 0.4) is 0 Å². The highest BCUT2D eigenvalue weighted by Gasteiger charge is 2.51. The fourth-order valence-corrected chi connectivity index (χ4v) is 6.15. The minimum absolute atomic E-state index is 0.0503. The SMILES string of the molecule is CCC1OC(O[C@H]2C(OP(C)P)OC3COC(c4ccccc4)O[C@H]3[C@@H]2C)[C@@H](C)[C@@H](C)[C@@H]1C. The Hall–Kier alpha value is -0.160. The predicted molar refractivity (Wildman–Crippen MR) is 133 cm³/mol. The third-order valence-electron chi connectivity index (χ3n) is 7.69. The van der Waals surface area contributed by atoms with Crippen LogP contribution in [0.1, 0.15) is 52.9 Å². The van der Waals surface area contributed by atoms with E-state index in [0.29, 0.717) is 18.4 Å².